The number of hydrogen-bond donors (Lipinski definition) is 0. The fourth-order valence-electron chi connectivity index (χ4n) is 2.54. The fourth-order valence-corrected chi connectivity index (χ4v) is 3.53. The average molecular weight is 382 g/mol. The number of amides is 1. The van der Waals surface area contributed by atoms with Crippen molar-refractivity contribution >= 4 is 40.0 Å². The number of aryl methyl sites for hydroxylation is 1. The van der Waals surface area contributed by atoms with Gasteiger partial charge in [-0.3, -0.25) is 23.3 Å². The van der Waals surface area contributed by atoms with Crippen molar-refractivity contribution in [3.63, 3.8) is 0 Å². The van der Waals surface area contributed by atoms with Gasteiger partial charge in [0.1, 0.15) is 6.54 Å². The van der Waals surface area contributed by atoms with Crippen LogP contribution < -0.4 is 11.2 Å². The van der Waals surface area contributed by atoms with Gasteiger partial charge >= 0.3 is 5.69 Å². The van der Waals surface area contributed by atoms with Crippen molar-refractivity contribution in [2.24, 2.45) is 14.1 Å². The second kappa shape index (κ2) is 6.49. The summed E-state index contributed by atoms with van der Waals surface area (Å²) in [6, 6.07) is 3.86. The van der Waals surface area contributed by atoms with Crippen LogP contribution in [0.5, 0.6) is 0 Å². The lowest BCUT2D eigenvalue weighted by Gasteiger charge is -2.17. The SMILES string of the molecule is CN(Cc1cccs1)C(=O)Cn1c(Cl)nc2c1c(=O)n(C)c(=O)n2C. The third kappa shape index (κ3) is 3.00. The number of imidazole rings is 1. The number of carbonyl (C=O) groups excluding carboxylic acids is 1. The van der Waals surface area contributed by atoms with Crippen LogP contribution in [0.2, 0.25) is 5.28 Å². The van der Waals surface area contributed by atoms with Gasteiger partial charge in [-0.2, -0.15) is 4.98 Å². The minimum atomic E-state index is -0.536. The summed E-state index contributed by atoms with van der Waals surface area (Å²) >= 11 is 7.69. The molecule has 0 spiro atoms. The number of hydrogen-bond acceptors (Lipinski definition) is 5. The first-order chi connectivity index (χ1) is 11.8. The Balaban J connectivity index is 1.99. The molecule has 0 aliphatic heterocycles. The normalized spacial score (nSPS) is 11.2. The standard InChI is InChI=1S/C15H16ClN5O3S/c1-18(7-9-5-4-6-25-9)10(22)8-21-11-12(17-14(21)16)19(2)15(24)20(3)13(11)23/h4-6H,7-8H2,1-3H3. The van der Waals surface area contributed by atoms with E-state index in [0.717, 1.165) is 9.44 Å². The number of nitrogens with zero attached hydrogens (tertiary/aromatic N) is 5. The third-order valence-electron chi connectivity index (χ3n) is 3.99. The van der Waals surface area contributed by atoms with Gasteiger partial charge in [0.05, 0.1) is 6.54 Å². The molecule has 0 N–H and O–H groups in total. The number of thiophene rings is 1. The van der Waals surface area contributed by atoms with E-state index in [-0.39, 0.29) is 28.9 Å². The molecular formula is C15H16ClN5O3S. The van der Waals surface area contributed by atoms with Crippen LogP contribution >= 0.6 is 22.9 Å². The van der Waals surface area contributed by atoms with Crippen LogP contribution in [0.25, 0.3) is 11.2 Å². The van der Waals surface area contributed by atoms with E-state index in [1.54, 1.807) is 23.3 Å². The Morgan fingerprint density at radius 2 is 2.04 bits per heavy atom. The van der Waals surface area contributed by atoms with Gasteiger partial charge in [0.15, 0.2) is 11.2 Å². The first-order valence-corrected chi connectivity index (χ1v) is 8.65. The molecule has 0 aliphatic rings. The van der Waals surface area contributed by atoms with Crippen molar-refractivity contribution in [3.8, 4) is 0 Å². The van der Waals surface area contributed by atoms with E-state index >= 15 is 0 Å². The van der Waals surface area contributed by atoms with E-state index in [2.05, 4.69) is 4.98 Å². The number of halogens is 1. The first kappa shape index (κ1) is 17.4. The van der Waals surface area contributed by atoms with Gasteiger partial charge in [0.2, 0.25) is 11.2 Å². The van der Waals surface area contributed by atoms with Crippen LogP contribution in [0.1, 0.15) is 4.88 Å². The summed E-state index contributed by atoms with van der Waals surface area (Å²) in [6.45, 7) is 0.335. The lowest BCUT2D eigenvalue weighted by Crippen LogP contribution is -2.38. The number of fused-ring (bicyclic) bond motifs is 1. The highest BCUT2D eigenvalue weighted by Gasteiger charge is 2.21. The molecule has 0 aliphatic carbocycles. The number of aromatic nitrogens is 4. The maximum Gasteiger partial charge on any atom is 0.332 e. The highest BCUT2D eigenvalue weighted by Crippen LogP contribution is 2.16. The van der Waals surface area contributed by atoms with Crippen LogP contribution in [-0.4, -0.2) is 36.5 Å². The van der Waals surface area contributed by atoms with Crippen LogP contribution in [0, 0.1) is 0 Å². The maximum absolute atomic E-state index is 12.5. The van der Waals surface area contributed by atoms with Crippen LogP contribution in [0.15, 0.2) is 27.1 Å². The third-order valence-corrected chi connectivity index (χ3v) is 5.14. The van der Waals surface area contributed by atoms with Crippen LogP contribution in [-0.2, 0) is 32.0 Å². The second-order valence-electron chi connectivity index (χ2n) is 5.67. The second-order valence-corrected chi connectivity index (χ2v) is 7.04. The smallest absolute Gasteiger partial charge is 0.332 e. The Morgan fingerprint density at radius 1 is 1.32 bits per heavy atom. The Morgan fingerprint density at radius 3 is 2.68 bits per heavy atom. The van der Waals surface area contributed by atoms with Crippen molar-refractivity contribution in [2.45, 2.75) is 13.1 Å². The first-order valence-electron chi connectivity index (χ1n) is 7.39. The molecule has 10 heteroatoms. The summed E-state index contributed by atoms with van der Waals surface area (Å²) < 4.78 is 3.54. The predicted octanol–water partition coefficient (Wildman–Crippen LogP) is 0.807. The van der Waals surface area contributed by atoms with Crippen molar-refractivity contribution in [2.75, 3.05) is 7.05 Å². The van der Waals surface area contributed by atoms with Crippen LogP contribution in [0.4, 0.5) is 0 Å². The molecule has 0 bridgehead atoms. The van der Waals surface area contributed by atoms with Gasteiger partial charge in [-0.05, 0) is 23.0 Å². The summed E-state index contributed by atoms with van der Waals surface area (Å²) in [5, 5.41) is 1.93. The molecule has 8 nitrogen and oxygen atoms in total. The molecule has 0 unspecified atom stereocenters. The quantitative estimate of drug-likeness (QED) is 0.626. The minimum Gasteiger partial charge on any atom is -0.339 e. The van der Waals surface area contributed by atoms with Gasteiger partial charge in [-0.15, -0.1) is 11.3 Å². The number of likely N-dealkylation sites (N-methyl/N-ethyl adjacent to an activating group) is 1. The van der Waals surface area contributed by atoms with Gasteiger partial charge in [0, 0.05) is 26.0 Å². The molecule has 0 saturated carbocycles. The van der Waals surface area contributed by atoms with E-state index in [0.29, 0.717) is 6.54 Å². The summed E-state index contributed by atoms with van der Waals surface area (Å²) in [6.07, 6.45) is 0. The van der Waals surface area contributed by atoms with Crippen molar-refractivity contribution in [1.29, 1.82) is 0 Å². The lowest BCUT2D eigenvalue weighted by molar-refractivity contribution is -0.130. The van der Waals surface area contributed by atoms with Gasteiger partial charge in [-0.1, -0.05) is 6.07 Å². The summed E-state index contributed by atoms with van der Waals surface area (Å²) in [5.74, 6) is -0.217. The molecule has 0 aromatic carbocycles. The molecule has 3 heterocycles. The Bertz CT molecular complexity index is 1060. The molecule has 1 amide bonds. The molecule has 3 aromatic rings. The van der Waals surface area contributed by atoms with Gasteiger partial charge in [-0.25, -0.2) is 4.79 Å². The molecule has 3 aromatic heterocycles. The Hall–Kier alpha value is -2.39. The predicted molar refractivity (Wildman–Crippen MR) is 96.0 cm³/mol. The van der Waals surface area contributed by atoms with Crippen molar-refractivity contribution < 1.29 is 4.79 Å². The zero-order valence-electron chi connectivity index (χ0n) is 13.9. The van der Waals surface area contributed by atoms with Crippen LogP contribution in [0.3, 0.4) is 0 Å². The van der Waals surface area contributed by atoms with Gasteiger partial charge < -0.3 is 4.90 Å². The largest absolute Gasteiger partial charge is 0.339 e. The molecule has 25 heavy (non-hydrogen) atoms. The molecule has 0 radical (unpaired) electrons. The van der Waals surface area contributed by atoms with E-state index in [1.165, 1.54) is 23.2 Å². The summed E-state index contributed by atoms with van der Waals surface area (Å²) in [5.41, 5.74) is -0.745. The highest BCUT2D eigenvalue weighted by atomic mass is 35.5. The molecule has 0 fully saturated rings. The zero-order valence-corrected chi connectivity index (χ0v) is 15.5. The summed E-state index contributed by atoms with van der Waals surface area (Å²) in [7, 11) is 4.56. The topological polar surface area (TPSA) is 82.1 Å². The number of rotatable bonds is 4. The van der Waals surface area contributed by atoms with E-state index < -0.39 is 11.2 Å². The zero-order chi connectivity index (χ0) is 18.3. The van der Waals surface area contributed by atoms with Crippen molar-refractivity contribution in [3.05, 3.63) is 48.5 Å². The summed E-state index contributed by atoms with van der Waals surface area (Å²) in [4.78, 5) is 43.6. The molecule has 0 atom stereocenters. The minimum absolute atomic E-state index is 0.00817. The van der Waals surface area contributed by atoms with E-state index in [1.807, 2.05) is 17.5 Å². The molecular weight excluding hydrogens is 366 g/mol. The van der Waals surface area contributed by atoms with Gasteiger partial charge in [0.25, 0.3) is 5.56 Å². The lowest BCUT2D eigenvalue weighted by atomic mass is 10.4. The van der Waals surface area contributed by atoms with Crippen molar-refractivity contribution in [1.82, 2.24) is 23.6 Å². The fraction of sp³-hybridized carbons (Fsp3) is 0.333. The Kier molecular flexibility index (Phi) is 4.53. The molecule has 132 valence electrons. The maximum atomic E-state index is 12.5. The molecule has 3 rings (SSSR count). The van der Waals surface area contributed by atoms with E-state index in [4.69, 9.17) is 11.6 Å². The Labute approximate surface area is 151 Å². The molecule has 0 saturated heterocycles. The monoisotopic (exact) mass is 381 g/mol. The van der Waals surface area contributed by atoms with E-state index in [9.17, 15) is 14.4 Å². The highest BCUT2D eigenvalue weighted by molar-refractivity contribution is 7.09. The average Bonchev–Trinajstić information content (AvgIpc) is 3.19. The number of carbonyl (C=O) groups is 1.